The average Bonchev–Trinajstić information content (AvgIpc) is 2.63. The van der Waals surface area contributed by atoms with Crippen LogP contribution in [0, 0.1) is 0 Å². The second-order valence-electron chi connectivity index (χ2n) is 7.29. The van der Waals surface area contributed by atoms with Crippen LogP contribution in [0.3, 0.4) is 0 Å². The van der Waals surface area contributed by atoms with Crippen molar-refractivity contribution in [1.82, 2.24) is 10.2 Å². The Morgan fingerprint density at radius 1 is 1.29 bits per heavy atom. The van der Waals surface area contributed by atoms with Gasteiger partial charge in [0.05, 0.1) is 30.5 Å². The van der Waals surface area contributed by atoms with Crippen molar-refractivity contribution >= 4 is 5.91 Å². The van der Waals surface area contributed by atoms with Crippen LogP contribution in [0.2, 0.25) is 0 Å². The van der Waals surface area contributed by atoms with Gasteiger partial charge in [-0.3, -0.25) is 4.79 Å². The number of carbonyl (C=O) groups is 1. The molecule has 5 heteroatoms. The molecule has 0 saturated carbocycles. The van der Waals surface area contributed by atoms with Crippen LogP contribution in [0.4, 0.5) is 0 Å². The molecule has 0 aromatic carbocycles. The summed E-state index contributed by atoms with van der Waals surface area (Å²) in [5.41, 5.74) is -0.385. The molecule has 21 heavy (non-hydrogen) atoms. The number of rotatable bonds is 4. The Balaban J connectivity index is 2.00. The van der Waals surface area contributed by atoms with Crippen molar-refractivity contribution in [2.24, 2.45) is 0 Å². The number of amides is 1. The molecule has 5 nitrogen and oxygen atoms in total. The van der Waals surface area contributed by atoms with Crippen molar-refractivity contribution in [3.8, 4) is 0 Å². The van der Waals surface area contributed by atoms with Gasteiger partial charge in [0.2, 0.25) is 5.91 Å². The molecular formula is C16H30N2O3. The lowest BCUT2D eigenvalue weighted by Gasteiger charge is -2.34. The first-order valence-corrected chi connectivity index (χ1v) is 8.08. The summed E-state index contributed by atoms with van der Waals surface area (Å²) in [7, 11) is 0. The van der Waals surface area contributed by atoms with Crippen LogP contribution < -0.4 is 5.32 Å². The molecular weight excluding hydrogens is 268 g/mol. The molecule has 2 fully saturated rings. The van der Waals surface area contributed by atoms with E-state index in [9.17, 15) is 4.79 Å². The van der Waals surface area contributed by atoms with E-state index in [1.165, 1.54) is 0 Å². The molecule has 0 unspecified atom stereocenters. The third kappa shape index (κ3) is 3.96. The zero-order valence-electron chi connectivity index (χ0n) is 14.1. The minimum absolute atomic E-state index is 0.134. The number of carbonyl (C=O) groups excluding carboxylic acids is 1. The quantitative estimate of drug-likeness (QED) is 0.856. The van der Waals surface area contributed by atoms with E-state index in [1.807, 2.05) is 4.90 Å². The van der Waals surface area contributed by atoms with E-state index in [2.05, 4.69) is 39.9 Å². The van der Waals surface area contributed by atoms with Gasteiger partial charge in [0.25, 0.3) is 0 Å². The summed E-state index contributed by atoms with van der Waals surface area (Å²) in [6.45, 7) is 13.2. The smallest absolute Gasteiger partial charge is 0.239 e. The van der Waals surface area contributed by atoms with Crippen LogP contribution in [0.25, 0.3) is 0 Å². The molecule has 2 aliphatic rings. The van der Waals surface area contributed by atoms with Gasteiger partial charge in [-0.25, -0.2) is 0 Å². The third-order valence-corrected chi connectivity index (χ3v) is 4.51. The first-order chi connectivity index (χ1) is 9.75. The molecule has 122 valence electrons. The Bertz CT molecular complexity index is 376. The predicted octanol–water partition coefficient (Wildman–Crippen LogP) is 1.56. The van der Waals surface area contributed by atoms with Crippen LogP contribution in [-0.2, 0) is 14.3 Å². The van der Waals surface area contributed by atoms with Gasteiger partial charge in [-0.2, -0.15) is 0 Å². The van der Waals surface area contributed by atoms with Gasteiger partial charge >= 0.3 is 0 Å². The zero-order chi connectivity index (χ0) is 15.7. The van der Waals surface area contributed by atoms with Crippen LogP contribution in [-0.4, -0.2) is 60.4 Å². The van der Waals surface area contributed by atoms with Crippen molar-refractivity contribution in [3.63, 3.8) is 0 Å². The Kier molecular flexibility index (Phi) is 4.96. The summed E-state index contributed by atoms with van der Waals surface area (Å²) in [6.07, 6.45) is 1.72. The molecule has 0 aromatic rings. The largest absolute Gasteiger partial charge is 0.378 e. The summed E-state index contributed by atoms with van der Waals surface area (Å²) in [6, 6.07) is 0.0623. The molecule has 2 saturated heterocycles. The van der Waals surface area contributed by atoms with Crippen molar-refractivity contribution in [3.05, 3.63) is 0 Å². The molecule has 1 amide bonds. The molecule has 0 radical (unpaired) electrons. The molecule has 0 aromatic heterocycles. The summed E-state index contributed by atoms with van der Waals surface area (Å²) < 4.78 is 11.4. The maximum atomic E-state index is 12.7. The first-order valence-electron chi connectivity index (χ1n) is 8.08. The molecule has 0 bridgehead atoms. The van der Waals surface area contributed by atoms with Crippen molar-refractivity contribution < 1.29 is 14.3 Å². The Labute approximate surface area is 128 Å². The van der Waals surface area contributed by atoms with E-state index in [4.69, 9.17) is 9.47 Å². The molecule has 1 N–H and O–H groups in total. The molecule has 2 aliphatic heterocycles. The molecule has 0 aliphatic carbocycles. The van der Waals surface area contributed by atoms with Gasteiger partial charge < -0.3 is 19.7 Å². The highest BCUT2D eigenvalue weighted by atomic mass is 16.5. The number of morpholine rings is 1. The standard InChI is InChI=1S/C16H30N2O3/c1-6-12(14(19)18-7-9-20-10-8-18)17-13-11-15(2,3)21-16(13,4)5/h12-13,17H,6-11H2,1-5H3/t12-,13+/m0/s1. The SMILES string of the molecule is CC[C@H](N[C@@H]1CC(C)(C)OC1(C)C)C(=O)N1CCOCC1. The van der Waals surface area contributed by atoms with Gasteiger partial charge in [0, 0.05) is 19.1 Å². The first kappa shape index (κ1) is 16.7. The number of hydrogen-bond donors (Lipinski definition) is 1. The predicted molar refractivity (Wildman–Crippen MR) is 82.3 cm³/mol. The number of ether oxygens (including phenoxy) is 2. The summed E-state index contributed by atoms with van der Waals surface area (Å²) >= 11 is 0. The van der Waals surface area contributed by atoms with Crippen molar-refractivity contribution in [2.45, 2.75) is 70.7 Å². The van der Waals surface area contributed by atoms with Gasteiger partial charge in [-0.15, -0.1) is 0 Å². The maximum Gasteiger partial charge on any atom is 0.239 e. The summed E-state index contributed by atoms with van der Waals surface area (Å²) in [5, 5.41) is 3.55. The van der Waals surface area contributed by atoms with Crippen molar-refractivity contribution in [2.75, 3.05) is 26.3 Å². The van der Waals surface area contributed by atoms with Crippen LogP contribution in [0.15, 0.2) is 0 Å². The zero-order valence-corrected chi connectivity index (χ0v) is 14.1. The lowest BCUT2D eigenvalue weighted by Crippen LogP contribution is -2.55. The fourth-order valence-corrected chi connectivity index (χ4v) is 3.43. The topological polar surface area (TPSA) is 50.8 Å². The Morgan fingerprint density at radius 2 is 1.90 bits per heavy atom. The Morgan fingerprint density at radius 3 is 2.38 bits per heavy atom. The van der Waals surface area contributed by atoms with Crippen molar-refractivity contribution in [1.29, 1.82) is 0 Å². The number of nitrogens with one attached hydrogen (secondary N) is 1. The lowest BCUT2D eigenvalue weighted by molar-refractivity contribution is -0.138. The molecule has 2 rings (SSSR count). The fourth-order valence-electron chi connectivity index (χ4n) is 3.43. The van der Waals surface area contributed by atoms with E-state index < -0.39 is 0 Å². The molecule has 2 heterocycles. The monoisotopic (exact) mass is 298 g/mol. The van der Waals surface area contributed by atoms with Gasteiger partial charge in [0.1, 0.15) is 0 Å². The maximum absolute atomic E-state index is 12.7. The molecule has 0 spiro atoms. The minimum atomic E-state index is -0.248. The highest BCUT2D eigenvalue weighted by molar-refractivity contribution is 5.82. The fraction of sp³-hybridized carbons (Fsp3) is 0.938. The van der Waals surface area contributed by atoms with Crippen LogP contribution >= 0.6 is 0 Å². The Hall–Kier alpha value is -0.650. The van der Waals surface area contributed by atoms with Gasteiger partial charge in [-0.1, -0.05) is 6.92 Å². The normalized spacial score (nSPS) is 29.4. The second-order valence-corrected chi connectivity index (χ2v) is 7.29. The number of nitrogens with zero attached hydrogens (tertiary/aromatic N) is 1. The summed E-state index contributed by atoms with van der Waals surface area (Å²) in [5.74, 6) is 0.196. The highest BCUT2D eigenvalue weighted by Gasteiger charge is 2.46. The minimum Gasteiger partial charge on any atom is -0.378 e. The molecule has 2 atom stereocenters. The second kappa shape index (κ2) is 6.23. The number of hydrogen-bond acceptors (Lipinski definition) is 4. The van der Waals surface area contributed by atoms with Gasteiger partial charge in [0.15, 0.2) is 0 Å². The van der Waals surface area contributed by atoms with Gasteiger partial charge in [-0.05, 0) is 40.5 Å². The van der Waals surface area contributed by atoms with Crippen LogP contribution in [0.5, 0.6) is 0 Å². The van der Waals surface area contributed by atoms with E-state index in [0.717, 1.165) is 12.8 Å². The van der Waals surface area contributed by atoms with E-state index in [-0.39, 0.29) is 29.2 Å². The average molecular weight is 298 g/mol. The third-order valence-electron chi connectivity index (χ3n) is 4.51. The summed E-state index contributed by atoms with van der Waals surface area (Å²) in [4.78, 5) is 14.6. The van der Waals surface area contributed by atoms with E-state index in [1.54, 1.807) is 0 Å². The highest BCUT2D eigenvalue weighted by Crippen LogP contribution is 2.37. The van der Waals surface area contributed by atoms with E-state index >= 15 is 0 Å². The van der Waals surface area contributed by atoms with E-state index in [0.29, 0.717) is 26.3 Å². The van der Waals surface area contributed by atoms with Crippen LogP contribution in [0.1, 0.15) is 47.5 Å². The lowest BCUT2D eigenvalue weighted by atomic mass is 9.93.